The SMILES string of the molecule is Cc1cc(N[C@H]2CC[C@@H](C(=O)N3CCC(O)(Cn4cnc5c(cnn5-c5ccc(F)cc5)c4=O)CC3)CC2)no1. The maximum Gasteiger partial charge on any atom is 0.264 e. The number of aromatic nitrogens is 5. The zero-order valence-electron chi connectivity index (χ0n) is 22.3. The average Bonchev–Trinajstić information content (AvgIpc) is 3.57. The lowest BCUT2D eigenvalue weighted by molar-refractivity contribution is -0.141. The van der Waals surface area contributed by atoms with Crippen molar-refractivity contribution >= 4 is 22.8 Å². The zero-order chi connectivity index (χ0) is 27.9. The molecule has 1 saturated carbocycles. The summed E-state index contributed by atoms with van der Waals surface area (Å²) in [6.07, 6.45) is 6.98. The van der Waals surface area contributed by atoms with E-state index in [4.69, 9.17) is 4.52 Å². The van der Waals surface area contributed by atoms with Crippen LogP contribution in [0.4, 0.5) is 10.2 Å². The molecule has 2 N–H and O–H groups in total. The Kier molecular flexibility index (Phi) is 6.87. The number of halogens is 1. The van der Waals surface area contributed by atoms with Crippen molar-refractivity contribution in [1.82, 2.24) is 29.4 Å². The second kappa shape index (κ2) is 10.5. The van der Waals surface area contributed by atoms with Gasteiger partial charge in [0.1, 0.15) is 23.3 Å². The van der Waals surface area contributed by atoms with Crippen molar-refractivity contribution in [2.24, 2.45) is 5.92 Å². The summed E-state index contributed by atoms with van der Waals surface area (Å²) in [7, 11) is 0. The molecular formula is C28H32FN7O4. The van der Waals surface area contributed by atoms with Crippen LogP contribution in [0.1, 0.15) is 44.3 Å². The first-order chi connectivity index (χ1) is 19.3. The molecule has 0 unspecified atom stereocenters. The van der Waals surface area contributed by atoms with Crippen molar-refractivity contribution in [3.8, 4) is 5.69 Å². The fourth-order valence-corrected chi connectivity index (χ4v) is 5.84. The third-order valence-corrected chi connectivity index (χ3v) is 8.15. The Morgan fingerprint density at radius 2 is 1.90 bits per heavy atom. The van der Waals surface area contributed by atoms with Gasteiger partial charge in [-0.25, -0.2) is 14.1 Å². The zero-order valence-corrected chi connectivity index (χ0v) is 22.3. The molecule has 1 aliphatic heterocycles. The molecule has 1 aliphatic carbocycles. The lowest BCUT2D eigenvalue weighted by Gasteiger charge is -2.40. The van der Waals surface area contributed by atoms with E-state index < -0.39 is 5.60 Å². The number of rotatable bonds is 6. The lowest BCUT2D eigenvalue weighted by atomic mass is 9.84. The second-order valence-electron chi connectivity index (χ2n) is 11.0. The van der Waals surface area contributed by atoms with Crippen LogP contribution in [0.2, 0.25) is 0 Å². The summed E-state index contributed by atoms with van der Waals surface area (Å²) in [4.78, 5) is 32.7. The van der Waals surface area contributed by atoms with E-state index >= 15 is 0 Å². The Bertz CT molecular complexity index is 1560. The van der Waals surface area contributed by atoms with Crippen LogP contribution in [0.25, 0.3) is 16.7 Å². The first-order valence-electron chi connectivity index (χ1n) is 13.7. The van der Waals surface area contributed by atoms with Gasteiger partial charge in [-0.15, -0.1) is 0 Å². The maximum absolute atomic E-state index is 13.3. The van der Waals surface area contributed by atoms with Crippen molar-refractivity contribution in [3.05, 3.63) is 64.8 Å². The molecule has 6 rings (SSSR count). The summed E-state index contributed by atoms with van der Waals surface area (Å²) in [6, 6.07) is 7.91. The number of benzene rings is 1. The predicted molar refractivity (Wildman–Crippen MR) is 144 cm³/mol. The molecule has 0 radical (unpaired) electrons. The minimum atomic E-state index is -1.12. The highest BCUT2D eigenvalue weighted by molar-refractivity contribution is 5.79. The van der Waals surface area contributed by atoms with Crippen LogP contribution in [0, 0.1) is 18.7 Å². The number of aliphatic hydroxyl groups is 1. The van der Waals surface area contributed by atoms with Crippen molar-refractivity contribution in [2.45, 2.75) is 63.6 Å². The number of hydrogen-bond acceptors (Lipinski definition) is 8. The van der Waals surface area contributed by atoms with Crippen molar-refractivity contribution < 1.29 is 18.8 Å². The Labute approximate surface area is 229 Å². The van der Waals surface area contributed by atoms with Crippen LogP contribution in [0.15, 0.2) is 52.2 Å². The fourth-order valence-electron chi connectivity index (χ4n) is 5.84. The van der Waals surface area contributed by atoms with E-state index in [1.54, 1.807) is 12.1 Å². The Hall–Kier alpha value is -4.06. The highest BCUT2D eigenvalue weighted by Crippen LogP contribution is 2.31. The number of aryl methyl sites for hydroxylation is 1. The van der Waals surface area contributed by atoms with Gasteiger partial charge in [0.25, 0.3) is 5.56 Å². The van der Waals surface area contributed by atoms with E-state index in [1.807, 2.05) is 17.9 Å². The number of fused-ring (bicyclic) bond motifs is 1. The number of nitrogens with one attached hydrogen (secondary N) is 1. The van der Waals surface area contributed by atoms with Crippen LogP contribution in [-0.4, -0.2) is 65.1 Å². The number of nitrogens with zero attached hydrogens (tertiary/aromatic N) is 6. The molecule has 40 heavy (non-hydrogen) atoms. The van der Waals surface area contributed by atoms with Crippen LogP contribution >= 0.6 is 0 Å². The molecule has 2 aliphatic rings. The fraction of sp³-hybridized carbons (Fsp3) is 0.464. The van der Waals surface area contributed by atoms with E-state index in [0.717, 1.165) is 37.3 Å². The minimum absolute atomic E-state index is 0.0184. The molecule has 1 aromatic carbocycles. The standard InChI is InChI=1S/C28H32FN7O4/c1-18-14-24(33-40-18)32-21-6-2-19(3-7-21)26(37)34-12-10-28(39,11-13-34)16-35-17-30-25-23(27(35)38)15-31-36(25)22-8-4-20(29)5-9-22/h4-5,8-9,14-15,17,19,21,39H,2-3,6-7,10-13,16H2,1H3,(H,32,33)/t19-,21+. The topological polar surface area (TPSA) is 131 Å². The molecular weight excluding hydrogens is 517 g/mol. The summed E-state index contributed by atoms with van der Waals surface area (Å²) in [5.74, 6) is 1.26. The summed E-state index contributed by atoms with van der Waals surface area (Å²) < 4.78 is 21.3. The molecule has 210 valence electrons. The number of anilines is 1. The van der Waals surface area contributed by atoms with Crippen molar-refractivity contribution in [3.63, 3.8) is 0 Å². The third-order valence-electron chi connectivity index (χ3n) is 8.15. The Morgan fingerprint density at radius 3 is 2.58 bits per heavy atom. The van der Waals surface area contributed by atoms with Gasteiger partial charge in [-0.2, -0.15) is 5.10 Å². The number of hydrogen-bond donors (Lipinski definition) is 2. The smallest absolute Gasteiger partial charge is 0.264 e. The Morgan fingerprint density at radius 1 is 1.18 bits per heavy atom. The lowest BCUT2D eigenvalue weighted by Crippen LogP contribution is -2.51. The summed E-state index contributed by atoms with van der Waals surface area (Å²) >= 11 is 0. The summed E-state index contributed by atoms with van der Waals surface area (Å²) in [5.41, 5.74) is -0.482. The van der Waals surface area contributed by atoms with E-state index in [9.17, 15) is 19.1 Å². The van der Waals surface area contributed by atoms with E-state index in [-0.39, 0.29) is 35.8 Å². The van der Waals surface area contributed by atoms with Crippen molar-refractivity contribution in [1.29, 1.82) is 0 Å². The van der Waals surface area contributed by atoms with Gasteiger partial charge >= 0.3 is 0 Å². The number of likely N-dealkylation sites (tertiary alicyclic amines) is 1. The monoisotopic (exact) mass is 549 g/mol. The number of amides is 1. The molecule has 4 aromatic rings. The highest BCUT2D eigenvalue weighted by Gasteiger charge is 2.37. The molecule has 1 amide bonds. The maximum atomic E-state index is 13.3. The molecule has 0 bridgehead atoms. The van der Waals surface area contributed by atoms with Gasteiger partial charge in [0, 0.05) is 31.1 Å². The van der Waals surface area contributed by atoms with Gasteiger partial charge in [0.2, 0.25) is 5.91 Å². The van der Waals surface area contributed by atoms with Crippen LogP contribution < -0.4 is 10.9 Å². The first kappa shape index (κ1) is 26.2. The molecule has 12 heteroatoms. The van der Waals surface area contributed by atoms with Crippen molar-refractivity contribution in [2.75, 3.05) is 18.4 Å². The average molecular weight is 550 g/mol. The van der Waals surface area contributed by atoms with Crippen LogP contribution in [-0.2, 0) is 11.3 Å². The van der Waals surface area contributed by atoms with Gasteiger partial charge in [0.05, 0.1) is 24.0 Å². The van der Waals surface area contributed by atoms with Gasteiger partial charge in [0.15, 0.2) is 11.5 Å². The Balaban J connectivity index is 1.05. The quantitative estimate of drug-likeness (QED) is 0.375. The molecule has 3 aromatic heterocycles. The largest absolute Gasteiger partial charge is 0.388 e. The third kappa shape index (κ3) is 5.23. The molecule has 0 atom stereocenters. The normalized spacial score (nSPS) is 21.0. The first-order valence-corrected chi connectivity index (χ1v) is 13.7. The number of piperidine rings is 1. The molecule has 4 heterocycles. The van der Waals surface area contributed by atoms with Crippen LogP contribution in [0.5, 0.6) is 0 Å². The van der Waals surface area contributed by atoms with Gasteiger partial charge in [-0.05, 0) is 69.7 Å². The number of carbonyl (C=O) groups excluding carboxylic acids is 1. The van der Waals surface area contributed by atoms with E-state index in [0.29, 0.717) is 42.7 Å². The summed E-state index contributed by atoms with van der Waals surface area (Å²) in [6.45, 7) is 2.82. The van der Waals surface area contributed by atoms with Crippen LogP contribution in [0.3, 0.4) is 0 Å². The molecule has 1 saturated heterocycles. The van der Waals surface area contributed by atoms with Gasteiger partial charge in [-0.3, -0.25) is 14.2 Å². The highest BCUT2D eigenvalue weighted by atomic mass is 19.1. The predicted octanol–water partition coefficient (Wildman–Crippen LogP) is 3.04. The van der Waals surface area contributed by atoms with Gasteiger partial charge in [-0.1, -0.05) is 5.16 Å². The summed E-state index contributed by atoms with van der Waals surface area (Å²) in [5, 5.41) is 23.3. The van der Waals surface area contributed by atoms with Gasteiger partial charge < -0.3 is 19.8 Å². The van der Waals surface area contributed by atoms with E-state index in [1.165, 1.54) is 33.9 Å². The molecule has 11 nitrogen and oxygen atoms in total. The number of carbonyl (C=O) groups is 1. The molecule has 0 spiro atoms. The minimum Gasteiger partial charge on any atom is -0.388 e. The molecule has 2 fully saturated rings. The van der Waals surface area contributed by atoms with E-state index in [2.05, 4.69) is 20.6 Å². The second-order valence-corrected chi connectivity index (χ2v) is 11.0.